The third-order valence-electron chi connectivity index (χ3n) is 3.85. The standard InChI is InChI=1S/C13H20BrClN2/c1-9-11(13(15)17(2)16-9)7-8-12(14)10-5-3-4-6-10/h10,12H,3-8H2,1-2H3. The van der Waals surface area contributed by atoms with Gasteiger partial charge in [-0.1, -0.05) is 40.4 Å². The van der Waals surface area contributed by atoms with Gasteiger partial charge in [0.05, 0.1) is 5.69 Å². The van der Waals surface area contributed by atoms with Crippen molar-refractivity contribution < 1.29 is 0 Å². The molecule has 96 valence electrons. The minimum atomic E-state index is 0.640. The summed E-state index contributed by atoms with van der Waals surface area (Å²) in [4.78, 5) is 0.640. The van der Waals surface area contributed by atoms with Crippen LogP contribution in [0.1, 0.15) is 43.4 Å². The average Bonchev–Trinajstić information content (AvgIpc) is 2.88. The van der Waals surface area contributed by atoms with Gasteiger partial charge in [-0.05, 0) is 38.5 Å². The first-order valence-corrected chi connectivity index (χ1v) is 7.71. The van der Waals surface area contributed by atoms with Crippen molar-refractivity contribution in [2.24, 2.45) is 13.0 Å². The molecule has 0 aliphatic heterocycles. The lowest BCUT2D eigenvalue weighted by atomic mass is 9.98. The summed E-state index contributed by atoms with van der Waals surface area (Å²) in [5.74, 6) is 0.866. The Morgan fingerprint density at radius 2 is 2.12 bits per heavy atom. The van der Waals surface area contributed by atoms with E-state index in [1.54, 1.807) is 4.68 Å². The number of nitrogens with zero attached hydrogens (tertiary/aromatic N) is 2. The van der Waals surface area contributed by atoms with Gasteiger partial charge in [0.15, 0.2) is 0 Å². The summed E-state index contributed by atoms with van der Waals surface area (Å²) in [6.07, 6.45) is 7.77. The fourth-order valence-corrected chi connectivity index (χ4v) is 3.82. The largest absolute Gasteiger partial charge is 0.257 e. The van der Waals surface area contributed by atoms with Gasteiger partial charge in [0, 0.05) is 17.4 Å². The van der Waals surface area contributed by atoms with Crippen LogP contribution in [0.2, 0.25) is 5.15 Å². The lowest BCUT2D eigenvalue weighted by Gasteiger charge is -2.16. The SMILES string of the molecule is Cc1nn(C)c(Cl)c1CCC(Br)C1CCCC1. The van der Waals surface area contributed by atoms with Gasteiger partial charge in [-0.15, -0.1) is 0 Å². The van der Waals surface area contributed by atoms with Crippen LogP contribution >= 0.6 is 27.5 Å². The molecule has 1 aromatic rings. The Morgan fingerprint density at radius 1 is 1.47 bits per heavy atom. The molecule has 17 heavy (non-hydrogen) atoms. The Labute approximate surface area is 117 Å². The molecule has 1 aliphatic carbocycles. The lowest BCUT2D eigenvalue weighted by Crippen LogP contribution is -2.11. The molecule has 2 nitrogen and oxygen atoms in total. The summed E-state index contributed by atoms with van der Waals surface area (Å²) in [7, 11) is 1.90. The topological polar surface area (TPSA) is 17.8 Å². The zero-order chi connectivity index (χ0) is 12.4. The van der Waals surface area contributed by atoms with Crippen molar-refractivity contribution in [2.45, 2.75) is 50.3 Å². The first-order chi connectivity index (χ1) is 8.09. The van der Waals surface area contributed by atoms with Crippen LogP contribution in [0.15, 0.2) is 0 Å². The number of hydrogen-bond donors (Lipinski definition) is 0. The van der Waals surface area contributed by atoms with Gasteiger partial charge in [0.1, 0.15) is 5.15 Å². The normalized spacial score (nSPS) is 18.8. The van der Waals surface area contributed by atoms with Crippen molar-refractivity contribution in [3.05, 3.63) is 16.4 Å². The smallest absolute Gasteiger partial charge is 0.130 e. The molecule has 1 unspecified atom stereocenters. The molecule has 0 bridgehead atoms. The fourth-order valence-electron chi connectivity index (χ4n) is 2.79. The van der Waals surface area contributed by atoms with E-state index < -0.39 is 0 Å². The minimum absolute atomic E-state index is 0.640. The number of aromatic nitrogens is 2. The van der Waals surface area contributed by atoms with Gasteiger partial charge in [0.25, 0.3) is 0 Å². The summed E-state index contributed by atoms with van der Waals surface area (Å²) in [5, 5.41) is 5.16. The number of rotatable bonds is 4. The van der Waals surface area contributed by atoms with E-state index >= 15 is 0 Å². The second-order valence-corrected chi connectivity index (χ2v) is 6.61. The van der Waals surface area contributed by atoms with Gasteiger partial charge in [-0.3, -0.25) is 4.68 Å². The van der Waals surface area contributed by atoms with Crippen molar-refractivity contribution in [3.63, 3.8) is 0 Å². The zero-order valence-corrected chi connectivity index (χ0v) is 12.9. The number of hydrogen-bond acceptors (Lipinski definition) is 1. The lowest BCUT2D eigenvalue weighted by molar-refractivity contribution is 0.505. The summed E-state index contributed by atoms with van der Waals surface area (Å²) < 4.78 is 1.77. The van der Waals surface area contributed by atoms with Crippen LogP contribution in [0.4, 0.5) is 0 Å². The molecule has 1 atom stereocenters. The number of halogens is 2. The molecule has 1 aliphatic rings. The van der Waals surface area contributed by atoms with E-state index in [9.17, 15) is 0 Å². The highest BCUT2D eigenvalue weighted by Crippen LogP contribution is 2.34. The molecule has 0 N–H and O–H groups in total. The fraction of sp³-hybridized carbons (Fsp3) is 0.769. The summed E-state index contributed by atoms with van der Waals surface area (Å²) >= 11 is 10.1. The van der Waals surface area contributed by atoms with E-state index in [-0.39, 0.29) is 0 Å². The highest BCUT2D eigenvalue weighted by Gasteiger charge is 2.23. The minimum Gasteiger partial charge on any atom is -0.257 e. The van der Waals surface area contributed by atoms with E-state index in [2.05, 4.69) is 21.0 Å². The van der Waals surface area contributed by atoms with Crippen LogP contribution in [0.5, 0.6) is 0 Å². The second kappa shape index (κ2) is 5.75. The number of alkyl halides is 1. The molecular weight excluding hydrogens is 300 g/mol. The van der Waals surface area contributed by atoms with E-state index in [1.165, 1.54) is 31.2 Å². The summed E-state index contributed by atoms with van der Waals surface area (Å²) in [6.45, 7) is 2.04. The zero-order valence-electron chi connectivity index (χ0n) is 10.5. The van der Waals surface area contributed by atoms with E-state index in [0.717, 1.165) is 29.6 Å². The van der Waals surface area contributed by atoms with E-state index in [1.807, 2.05) is 14.0 Å². The quantitative estimate of drug-likeness (QED) is 0.758. The van der Waals surface area contributed by atoms with Gasteiger partial charge < -0.3 is 0 Å². The first kappa shape index (κ1) is 13.4. The van der Waals surface area contributed by atoms with Crippen molar-refractivity contribution in [3.8, 4) is 0 Å². The highest BCUT2D eigenvalue weighted by molar-refractivity contribution is 9.09. The molecule has 0 amide bonds. The Kier molecular flexibility index (Phi) is 4.53. The van der Waals surface area contributed by atoms with Crippen LogP contribution < -0.4 is 0 Å². The molecular formula is C13H20BrClN2. The van der Waals surface area contributed by atoms with Crippen molar-refractivity contribution >= 4 is 27.5 Å². The van der Waals surface area contributed by atoms with Crippen LogP contribution in [0.25, 0.3) is 0 Å². The van der Waals surface area contributed by atoms with Crippen LogP contribution in [-0.4, -0.2) is 14.6 Å². The predicted molar refractivity (Wildman–Crippen MR) is 75.9 cm³/mol. The van der Waals surface area contributed by atoms with E-state index in [4.69, 9.17) is 11.6 Å². The predicted octanol–water partition coefficient (Wildman–Crippen LogP) is 4.27. The molecule has 0 aromatic carbocycles. The van der Waals surface area contributed by atoms with Crippen LogP contribution in [0, 0.1) is 12.8 Å². The van der Waals surface area contributed by atoms with Crippen molar-refractivity contribution in [1.29, 1.82) is 0 Å². The third-order valence-corrected chi connectivity index (χ3v) is 5.53. The molecule has 2 rings (SSSR count). The molecule has 1 saturated carbocycles. The van der Waals surface area contributed by atoms with Crippen molar-refractivity contribution in [2.75, 3.05) is 0 Å². The highest BCUT2D eigenvalue weighted by atomic mass is 79.9. The first-order valence-electron chi connectivity index (χ1n) is 6.41. The second-order valence-electron chi connectivity index (χ2n) is 5.08. The van der Waals surface area contributed by atoms with Crippen LogP contribution in [0.3, 0.4) is 0 Å². The molecule has 0 radical (unpaired) electrons. The van der Waals surface area contributed by atoms with Gasteiger partial charge in [-0.2, -0.15) is 5.10 Å². The molecule has 4 heteroatoms. The Bertz CT molecular complexity index is 383. The van der Waals surface area contributed by atoms with Gasteiger partial charge >= 0.3 is 0 Å². The molecule has 0 saturated heterocycles. The monoisotopic (exact) mass is 318 g/mol. The van der Waals surface area contributed by atoms with Crippen LogP contribution in [-0.2, 0) is 13.5 Å². The molecule has 1 aromatic heterocycles. The third kappa shape index (κ3) is 3.05. The Hall–Kier alpha value is -0.0200. The van der Waals surface area contributed by atoms with Gasteiger partial charge in [0.2, 0.25) is 0 Å². The van der Waals surface area contributed by atoms with Gasteiger partial charge in [-0.25, -0.2) is 0 Å². The summed E-state index contributed by atoms with van der Waals surface area (Å²) in [5.41, 5.74) is 2.29. The molecule has 0 spiro atoms. The maximum absolute atomic E-state index is 6.24. The van der Waals surface area contributed by atoms with E-state index in [0.29, 0.717) is 4.83 Å². The molecule has 1 fully saturated rings. The Balaban J connectivity index is 1.92. The van der Waals surface area contributed by atoms with Crippen molar-refractivity contribution in [1.82, 2.24) is 9.78 Å². The average molecular weight is 320 g/mol. The molecule has 1 heterocycles. The maximum Gasteiger partial charge on any atom is 0.130 e. The Morgan fingerprint density at radius 3 is 2.65 bits per heavy atom. The number of aryl methyl sites for hydroxylation is 2. The summed E-state index contributed by atoms with van der Waals surface area (Å²) in [6, 6.07) is 0. The maximum atomic E-state index is 6.24.